The van der Waals surface area contributed by atoms with Gasteiger partial charge in [-0.05, 0) is 31.0 Å². The first-order valence-electron chi connectivity index (χ1n) is 9.05. The average Bonchev–Trinajstić information content (AvgIpc) is 3.06. The van der Waals surface area contributed by atoms with Crippen molar-refractivity contribution in [3.8, 4) is 0 Å². The summed E-state index contributed by atoms with van der Waals surface area (Å²) in [6.07, 6.45) is -4.52. The van der Waals surface area contributed by atoms with E-state index in [0.29, 0.717) is 10.8 Å². The smallest absolute Gasteiger partial charge is 0.416 e. The highest BCUT2D eigenvalue weighted by Crippen LogP contribution is 2.34. The Morgan fingerprint density at radius 1 is 1.30 bits per heavy atom. The van der Waals surface area contributed by atoms with E-state index >= 15 is 0 Å². The summed E-state index contributed by atoms with van der Waals surface area (Å²) in [5.74, 6) is -1.06. The Hall–Kier alpha value is -2.33. The minimum Gasteiger partial charge on any atom is -0.466 e. The van der Waals surface area contributed by atoms with Gasteiger partial charge in [0, 0.05) is 5.38 Å². The summed E-state index contributed by atoms with van der Waals surface area (Å²) < 4.78 is 43.3. The maximum absolute atomic E-state index is 12.8. The molecule has 0 aliphatic carbocycles. The van der Waals surface area contributed by atoms with E-state index in [1.54, 1.807) is 26.2 Å². The number of nitrogens with one attached hydrogen (secondary N) is 2. The molecule has 2 aromatic rings. The van der Waals surface area contributed by atoms with Crippen LogP contribution < -0.4 is 10.6 Å². The summed E-state index contributed by atoms with van der Waals surface area (Å²) in [4.78, 5) is 28.4. The third-order valence-electron chi connectivity index (χ3n) is 3.97. The van der Waals surface area contributed by atoms with Gasteiger partial charge in [-0.2, -0.15) is 13.2 Å². The molecule has 0 unspecified atom stereocenters. The first-order chi connectivity index (χ1) is 14.0. The molecule has 0 aliphatic rings. The van der Waals surface area contributed by atoms with Crippen molar-refractivity contribution in [2.24, 2.45) is 5.92 Å². The zero-order valence-electron chi connectivity index (χ0n) is 16.5. The first-order valence-corrected chi connectivity index (χ1v) is 10.3. The minimum atomic E-state index is -4.51. The highest BCUT2D eigenvalue weighted by Gasteiger charge is 2.31. The van der Waals surface area contributed by atoms with Crippen molar-refractivity contribution in [1.29, 1.82) is 0 Å². The molecule has 164 valence electrons. The topological polar surface area (TPSA) is 80.3 Å². The fourth-order valence-electron chi connectivity index (χ4n) is 2.50. The molecule has 11 heteroatoms. The van der Waals surface area contributed by atoms with Gasteiger partial charge in [0.1, 0.15) is 6.04 Å². The van der Waals surface area contributed by atoms with Crippen LogP contribution >= 0.6 is 22.9 Å². The number of alkyl halides is 3. The van der Waals surface area contributed by atoms with Gasteiger partial charge in [0.2, 0.25) is 5.91 Å². The number of halogens is 4. The van der Waals surface area contributed by atoms with E-state index in [-0.39, 0.29) is 29.7 Å². The van der Waals surface area contributed by atoms with E-state index < -0.39 is 29.7 Å². The van der Waals surface area contributed by atoms with Crippen LogP contribution in [0.4, 0.5) is 24.0 Å². The van der Waals surface area contributed by atoms with Crippen LogP contribution in [0.15, 0.2) is 23.6 Å². The van der Waals surface area contributed by atoms with Crippen LogP contribution in [-0.2, 0) is 26.9 Å². The Labute approximate surface area is 180 Å². The molecule has 1 aromatic heterocycles. The summed E-state index contributed by atoms with van der Waals surface area (Å²) in [5, 5.41) is 7.34. The van der Waals surface area contributed by atoms with Crippen LogP contribution in [0.1, 0.15) is 32.0 Å². The molecular weight excluding hydrogens is 443 g/mol. The molecule has 0 saturated heterocycles. The van der Waals surface area contributed by atoms with Gasteiger partial charge in [-0.25, -0.2) is 4.98 Å². The normalized spacial score (nSPS) is 12.5. The number of ether oxygens (including phenoxy) is 1. The number of thiazole rings is 1. The molecule has 30 heavy (non-hydrogen) atoms. The predicted molar refractivity (Wildman–Crippen MR) is 110 cm³/mol. The van der Waals surface area contributed by atoms with Crippen LogP contribution in [0, 0.1) is 5.92 Å². The number of nitrogens with zero attached hydrogens (tertiary/aromatic N) is 1. The fourth-order valence-corrected chi connectivity index (χ4v) is 3.45. The third kappa shape index (κ3) is 6.60. The molecule has 0 bridgehead atoms. The summed E-state index contributed by atoms with van der Waals surface area (Å²) >= 11 is 7.13. The van der Waals surface area contributed by atoms with Gasteiger partial charge in [0.15, 0.2) is 5.13 Å². The summed E-state index contributed by atoms with van der Waals surface area (Å²) in [6, 6.07) is 2.11. The molecular formula is C19H21ClF3N3O3S. The first kappa shape index (κ1) is 23.9. The van der Waals surface area contributed by atoms with Crippen molar-refractivity contribution in [3.63, 3.8) is 0 Å². The van der Waals surface area contributed by atoms with Gasteiger partial charge >= 0.3 is 12.1 Å². The van der Waals surface area contributed by atoms with E-state index in [2.05, 4.69) is 15.6 Å². The molecule has 6 nitrogen and oxygen atoms in total. The van der Waals surface area contributed by atoms with Crippen LogP contribution in [0.3, 0.4) is 0 Å². The lowest BCUT2D eigenvalue weighted by molar-refractivity contribution is -0.142. The zero-order chi connectivity index (χ0) is 22.5. The molecule has 2 rings (SSSR count). The second-order valence-corrected chi connectivity index (χ2v) is 7.94. The molecule has 1 atom stereocenters. The predicted octanol–water partition coefficient (Wildman–Crippen LogP) is 5.00. The van der Waals surface area contributed by atoms with Crippen LogP contribution in [-0.4, -0.2) is 29.5 Å². The molecule has 0 fully saturated rings. The maximum atomic E-state index is 12.8. The molecule has 0 radical (unpaired) electrons. The van der Waals surface area contributed by atoms with E-state index in [9.17, 15) is 22.8 Å². The molecule has 0 saturated carbocycles. The van der Waals surface area contributed by atoms with Gasteiger partial charge in [0.05, 0.1) is 35.0 Å². The molecule has 1 heterocycles. The lowest BCUT2D eigenvalue weighted by atomic mass is 10.0. The summed E-state index contributed by atoms with van der Waals surface area (Å²) in [5.41, 5.74) is -0.199. The monoisotopic (exact) mass is 463 g/mol. The molecule has 0 aliphatic heterocycles. The van der Waals surface area contributed by atoms with E-state index in [0.717, 1.165) is 23.5 Å². The average molecular weight is 464 g/mol. The van der Waals surface area contributed by atoms with Gasteiger partial charge in [-0.3, -0.25) is 9.59 Å². The highest BCUT2D eigenvalue weighted by atomic mass is 35.5. The van der Waals surface area contributed by atoms with Crippen molar-refractivity contribution in [2.45, 2.75) is 39.4 Å². The summed E-state index contributed by atoms with van der Waals surface area (Å²) in [6.45, 7) is 5.53. The van der Waals surface area contributed by atoms with Gasteiger partial charge in [-0.15, -0.1) is 11.3 Å². The molecule has 2 N–H and O–H groups in total. The number of hydrogen-bond acceptors (Lipinski definition) is 6. The Morgan fingerprint density at radius 3 is 2.57 bits per heavy atom. The Balaban J connectivity index is 2.09. The standard InChI is InChI=1S/C19H21ClF3N3O3S/c1-4-29-15(27)8-12-9-30-18(24-12)26-17(28)16(10(2)3)25-14-6-5-11(7-13(14)20)19(21,22)23/h5-7,9-10,16,25H,4,8H2,1-3H3,(H,24,26,28)/t16-/m0/s1. The van der Waals surface area contributed by atoms with E-state index in [4.69, 9.17) is 16.3 Å². The number of aromatic nitrogens is 1. The van der Waals surface area contributed by atoms with Crippen molar-refractivity contribution in [3.05, 3.63) is 39.9 Å². The zero-order valence-corrected chi connectivity index (χ0v) is 18.0. The summed E-state index contributed by atoms with van der Waals surface area (Å²) in [7, 11) is 0. The highest BCUT2D eigenvalue weighted by molar-refractivity contribution is 7.13. The Kier molecular flexibility index (Phi) is 8.08. The third-order valence-corrected chi connectivity index (χ3v) is 5.09. The lowest BCUT2D eigenvalue weighted by Gasteiger charge is -2.23. The number of rotatable bonds is 8. The van der Waals surface area contributed by atoms with E-state index in [1.807, 2.05) is 0 Å². The number of esters is 1. The van der Waals surface area contributed by atoms with Crippen molar-refractivity contribution in [1.82, 2.24) is 4.98 Å². The van der Waals surface area contributed by atoms with Crippen molar-refractivity contribution >= 4 is 45.6 Å². The van der Waals surface area contributed by atoms with Crippen molar-refractivity contribution < 1.29 is 27.5 Å². The minimum absolute atomic E-state index is 0.00671. The van der Waals surface area contributed by atoms with Crippen molar-refractivity contribution in [2.75, 3.05) is 17.2 Å². The molecule has 1 amide bonds. The largest absolute Gasteiger partial charge is 0.466 e. The van der Waals surface area contributed by atoms with Gasteiger partial charge in [-0.1, -0.05) is 25.4 Å². The van der Waals surface area contributed by atoms with E-state index in [1.165, 1.54) is 6.07 Å². The fraction of sp³-hybridized carbons (Fsp3) is 0.421. The van der Waals surface area contributed by atoms with Crippen LogP contribution in [0.25, 0.3) is 0 Å². The number of amides is 1. The number of benzene rings is 1. The van der Waals surface area contributed by atoms with Gasteiger partial charge in [0.25, 0.3) is 0 Å². The SMILES string of the molecule is CCOC(=O)Cc1csc(NC(=O)[C@@H](Nc2ccc(C(F)(F)F)cc2Cl)C(C)C)n1. The lowest BCUT2D eigenvalue weighted by Crippen LogP contribution is -2.39. The molecule has 1 aromatic carbocycles. The number of carbonyl (C=O) groups excluding carboxylic acids is 2. The second kappa shape index (κ2) is 10.1. The number of carbonyl (C=O) groups is 2. The Morgan fingerprint density at radius 2 is 2.00 bits per heavy atom. The Bertz CT molecular complexity index is 903. The van der Waals surface area contributed by atoms with Gasteiger partial charge < -0.3 is 15.4 Å². The quantitative estimate of drug-likeness (QED) is 0.539. The number of anilines is 2. The van der Waals surface area contributed by atoms with Crippen LogP contribution in [0.5, 0.6) is 0 Å². The van der Waals surface area contributed by atoms with Crippen LogP contribution in [0.2, 0.25) is 5.02 Å². The number of hydrogen-bond donors (Lipinski definition) is 2. The maximum Gasteiger partial charge on any atom is 0.416 e. The molecule has 0 spiro atoms. The second-order valence-electron chi connectivity index (χ2n) is 6.67.